The van der Waals surface area contributed by atoms with Gasteiger partial charge in [0.15, 0.2) is 0 Å². The third kappa shape index (κ3) is 4.61. The average molecular weight is 206 g/mol. The Kier molecular flexibility index (Phi) is 4.66. The van der Waals surface area contributed by atoms with E-state index in [1.54, 1.807) is 0 Å². The third-order valence-corrected chi connectivity index (χ3v) is 1.52. The normalized spacial score (nSPS) is 9.87. The van der Waals surface area contributed by atoms with Crippen LogP contribution in [0, 0.1) is 0 Å². The zero-order chi connectivity index (χ0) is 10.9. The molecule has 0 aliphatic rings. The SMILES string of the molecule is O=C/C=C/OC(=O)OCc1ccccc1. The maximum absolute atomic E-state index is 10.9. The van der Waals surface area contributed by atoms with E-state index in [9.17, 15) is 9.59 Å². The summed E-state index contributed by atoms with van der Waals surface area (Å²) in [5.41, 5.74) is 0.869. The molecule has 0 aromatic heterocycles. The van der Waals surface area contributed by atoms with E-state index in [0.29, 0.717) is 6.29 Å². The molecule has 0 saturated carbocycles. The number of rotatable bonds is 4. The van der Waals surface area contributed by atoms with Gasteiger partial charge in [-0.15, -0.1) is 0 Å². The Labute approximate surface area is 87.1 Å². The predicted molar refractivity (Wildman–Crippen MR) is 52.9 cm³/mol. The van der Waals surface area contributed by atoms with Gasteiger partial charge in [0, 0.05) is 6.08 Å². The van der Waals surface area contributed by atoms with Gasteiger partial charge < -0.3 is 9.47 Å². The summed E-state index contributed by atoms with van der Waals surface area (Å²) in [6.07, 6.45) is 1.70. The monoisotopic (exact) mass is 206 g/mol. The van der Waals surface area contributed by atoms with Crippen LogP contribution in [0.3, 0.4) is 0 Å². The molecule has 0 fully saturated rings. The Hall–Kier alpha value is -2.10. The second-order valence-corrected chi connectivity index (χ2v) is 2.61. The fourth-order valence-corrected chi connectivity index (χ4v) is 0.877. The summed E-state index contributed by atoms with van der Waals surface area (Å²) in [7, 11) is 0. The minimum atomic E-state index is -0.836. The van der Waals surface area contributed by atoms with Crippen molar-refractivity contribution in [1.29, 1.82) is 0 Å². The minimum Gasteiger partial charge on any atom is -0.429 e. The molecule has 4 heteroatoms. The van der Waals surface area contributed by atoms with Gasteiger partial charge in [0.25, 0.3) is 0 Å². The molecule has 1 rings (SSSR count). The molecular weight excluding hydrogens is 196 g/mol. The van der Waals surface area contributed by atoms with E-state index in [1.165, 1.54) is 0 Å². The largest absolute Gasteiger partial charge is 0.513 e. The van der Waals surface area contributed by atoms with E-state index in [1.807, 2.05) is 30.3 Å². The van der Waals surface area contributed by atoms with Gasteiger partial charge in [-0.05, 0) is 5.56 Å². The first-order valence-corrected chi connectivity index (χ1v) is 4.30. The van der Waals surface area contributed by atoms with Crippen LogP contribution in [0.5, 0.6) is 0 Å². The summed E-state index contributed by atoms with van der Waals surface area (Å²) in [5, 5.41) is 0. The molecule has 0 saturated heterocycles. The van der Waals surface area contributed by atoms with Gasteiger partial charge in [-0.3, -0.25) is 4.79 Å². The van der Waals surface area contributed by atoms with Crippen molar-refractivity contribution < 1.29 is 19.1 Å². The summed E-state index contributed by atoms with van der Waals surface area (Å²) in [4.78, 5) is 20.7. The first-order valence-electron chi connectivity index (χ1n) is 4.30. The standard InChI is InChI=1S/C11H10O4/c12-7-4-8-14-11(13)15-9-10-5-2-1-3-6-10/h1-8H,9H2/b8-4+. The van der Waals surface area contributed by atoms with Crippen LogP contribution in [0.4, 0.5) is 4.79 Å². The Bertz CT molecular complexity index is 343. The fraction of sp³-hybridized carbons (Fsp3) is 0.0909. The minimum absolute atomic E-state index is 0.147. The molecule has 1 aromatic rings. The number of allylic oxidation sites excluding steroid dienone is 1. The highest BCUT2D eigenvalue weighted by atomic mass is 16.7. The lowest BCUT2D eigenvalue weighted by atomic mass is 10.2. The van der Waals surface area contributed by atoms with Crippen molar-refractivity contribution in [3.05, 3.63) is 48.2 Å². The van der Waals surface area contributed by atoms with Gasteiger partial charge in [0.05, 0.1) is 0 Å². The molecule has 4 nitrogen and oxygen atoms in total. The quantitative estimate of drug-likeness (QED) is 0.327. The Morgan fingerprint density at radius 3 is 2.67 bits per heavy atom. The molecule has 0 N–H and O–H groups in total. The summed E-state index contributed by atoms with van der Waals surface area (Å²) in [6, 6.07) is 9.21. The Morgan fingerprint density at radius 1 is 1.27 bits per heavy atom. The van der Waals surface area contributed by atoms with Crippen molar-refractivity contribution in [3.63, 3.8) is 0 Å². The molecule has 0 bridgehead atoms. The highest BCUT2D eigenvalue weighted by Gasteiger charge is 2.01. The number of benzene rings is 1. The van der Waals surface area contributed by atoms with Crippen molar-refractivity contribution in [2.24, 2.45) is 0 Å². The van der Waals surface area contributed by atoms with E-state index in [2.05, 4.69) is 4.74 Å². The van der Waals surface area contributed by atoms with E-state index in [0.717, 1.165) is 17.9 Å². The van der Waals surface area contributed by atoms with Gasteiger partial charge in [-0.1, -0.05) is 30.3 Å². The summed E-state index contributed by atoms with van der Waals surface area (Å²) in [5.74, 6) is 0. The molecule has 0 radical (unpaired) electrons. The van der Waals surface area contributed by atoms with Crippen molar-refractivity contribution in [2.75, 3.05) is 0 Å². The second-order valence-electron chi connectivity index (χ2n) is 2.61. The summed E-state index contributed by atoms with van der Waals surface area (Å²) in [6.45, 7) is 0.147. The molecule has 0 heterocycles. The van der Waals surface area contributed by atoms with Gasteiger partial charge >= 0.3 is 6.16 Å². The van der Waals surface area contributed by atoms with Gasteiger partial charge in [0.2, 0.25) is 0 Å². The van der Waals surface area contributed by atoms with Crippen molar-refractivity contribution in [3.8, 4) is 0 Å². The van der Waals surface area contributed by atoms with Crippen LogP contribution in [-0.2, 0) is 20.9 Å². The van der Waals surface area contributed by atoms with E-state index in [4.69, 9.17) is 4.74 Å². The molecule has 0 atom stereocenters. The molecule has 78 valence electrons. The van der Waals surface area contributed by atoms with Gasteiger partial charge in [-0.2, -0.15) is 0 Å². The van der Waals surface area contributed by atoms with E-state index >= 15 is 0 Å². The Balaban J connectivity index is 2.28. The molecular formula is C11H10O4. The van der Waals surface area contributed by atoms with Crippen LogP contribution in [-0.4, -0.2) is 12.4 Å². The van der Waals surface area contributed by atoms with Gasteiger partial charge in [0.1, 0.15) is 19.2 Å². The van der Waals surface area contributed by atoms with Crippen LogP contribution in [0.1, 0.15) is 5.56 Å². The number of hydrogen-bond donors (Lipinski definition) is 0. The zero-order valence-corrected chi connectivity index (χ0v) is 7.96. The Morgan fingerprint density at radius 2 is 2.00 bits per heavy atom. The van der Waals surface area contributed by atoms with E-state index < -0.39 is 6.16 Å². The van der Waals surface area contributed by atoms with Crippen molar-refractivity contribution in [1.82, 2.24) is 0 Å². The van der Waals surface area contributed by atoms with Crippen LogP contribution in [0.2, 0.25) is 0 Å². The fourth-order valence-electron chi connectivity index (χ4n) is 0.877. The lowest BCUT2D eigenvalue weighted by Gasteiger charge is -2.02. The van der Waals surface area contributed by atoms with Crippen molar-refractivity contribution in [2.45, 2.75) is 6.61 Å². The van der Waals surface area contributed by atoms with Crippen LogP contribution < -0.4 is 0 Å². The lowest BCUT2D eigenvalue weighted by Crippen LogP contribution is -2.03. The summed E-state index contributed by atoms with van der Waals surface area (Å²) >= 11 is 0. The van der Waals surface area contributed by atoms with Gasteiger partial charge in [-0.25, -0.2) is 4.79 Å². The summed E-state index contributed by atoms with van der Waals surface area (Å²) < 4.78 is 9.18. The number of carbonyl (C=O) groups is 2. The number of carbonyl (C=O) groups excluding carboxylic acids is 2. The molecule has 1 aromatic carbocycles. The topological polar surface area (TPSA) is 52.6 Å². The predicted octanol–water partition coefficient (Wildman–Crippen LogP) is 2.05. The number of ether oxygens (including phenoxy) is 2. The molecule has 0 aliphatic heterocycles. The number of hydrogen-bond acceptors (Lipinski definition) is 4. The third-order valence-electron chi connectivity index (χ3n) is 1.52. The van der Waals surface area contributed by atoms with Crippen LogP contribution in [0.25, 0.3) is 0 Å². The zero-order valence-electron chi connectivity index (χ0n) is 7.96. The smallest absolute Gasteiger partial charge is 0.429 e. The highest BCUT2D eigenvalue weighted by molar-refractivity contribution is 5.66. The lowest BCUT2D eigenvalue weighted by molar-refractivity contribution is -0.104. The highest BCUT2D eigenvalue weighted by Crippen LogP contribution is 2.01. The van der Waals surface area contributed by atoms with Crippen molar-refractivity contribution >= 4 is 12.4 Å². The van der Waals surface area contributed by atoms with E-state index in [-0.39, 0.29) is 6.61 Å². The molecule has 15 heavy (non-hydrogen) atoms. The molecule has 0 amide bonds. The second kappa shape index (κ2) is 6.37. The molecule has 0 aliphatic carbocycles. The number of aldehydes is 1. The molecule has 0 spiro atoms. The maximum Gasteiger partial charge on any atom is 0.513 e. The average Bonchev–Trinajstić information content (AvgIpc) is 2.28. The maximum atomic E-state index is 10.9. The molecule has 0 unspecified atom stereocenters. The first-order chi connectivity index (χ1) is 7.33. The van der Waals surface area contributed by atoms with Crippen LogP contribution >= 0.6 is 0 Å². The first kappa shape index (κ1) is 11.0. The van der Waals surface area contributed by atoms with Crippen LogP contribution in [0.15, 0.2) is 42.7 Å².